The molecule has 0 aromatic heterocycles. The third-order valence-electron chi connectivity index (χ3n) is 3.34. The number of rotatable bonds is 6. The van der Waals surface area contributed by atoms with E-state index in [1.807, 2.05) is 13.8 Å². The number of nitrogens with one attached hydrogen (secondary N) is 1. The van der Waals surface area contributed by atoms with Crippen LogP contribution >= 0.6 is 0 Å². The van der Waals surface area contributed by atoms with Gasteiger partial charge in [0.15, 0.2) is 0 Å². The summed E-state index contributed by atoms with van der Waals surface area (Å²) in [4.78, 5) is 4.07. The SMILES string of the molecule is C#Cc1cc(OC2(N)N=C(N)C=CN2)c(C(C)C)cc1OCCO. The first-order chi connectivity index (χ1) is 11.4. The first kappa shape index (κ1) is 17.7. The first-order valence-corrected chi connectivity index (χ1v) is 7.54. The lowest BCUT2D eigenvalue weighted by atomic mass is 9.99. The monoisotopic (exact) mass is 330 g/mol. The Hall–Kier alpha value is -2.69. The van der Waals surface area contributed by atoms with Crippen LogP contribution in [0, 0.1) is 12.3 Å². The van der Waals surface area contributed by atoms with Gasteiger partial charge in [0, 0.05) is 17.8 Å². The molecule has 0 spiro atoms. The van der Waals surface area contributed by atoms with Crippen molar-refractivity contribution in [3.05, 3.63) is 35.5 Å². The predicted octanol–water partition coefficient (Wildman–Crippen LogP) is 0.585. The van der Waals surface area contributed by atoms with Gasteiger partial charge in [-0.1, -0.05) is 19.8 Å². The maximum absolute atomic E-state index is 8.94. The molecule has 0 radical (unpaired) electrons. The topological polar surface area (TPSA) is 115 Å². The normalized spacial score (nSPS) is 19.4. The first-order valence-electron chi connectivity index (χ1n) is 7.54. The molecule has 0 aliphatic carbocycles. The van der Waals surface area contributed by atoms with Crippen LogP contribution in [0.4, 0.5) is 0 Å². The van der Waals surface area contributed by atoms with Crippen molar-refractivity contribution in [2.45, 2.75) is 25.7 Å². The summed E-state index contributed by atoms with van der Waals surface area (Å²) in [7, 11) is 0. The molecule has 1 aromatic carbocycles. The summed E-state index contributed by atoms with van der Waals surface area (Å²) in [5.74, 6) is 2.40. The van der Waals surface area contributed by atoms with Gasteiger partial charge in [-0.15, -0.1) is 6.42 Å². The summed E-state index contributed by atoms with van der Waals surface area (Å²) >= 11 is 0. The van der Waals surface area contributed by atoms with Gasteiger partial charge < -0.3 is 25.6 Å². The van der Waals surface area contributed by atoms with Gasteiger partial charge in [0.25, 0.3) is 0 Å². The number of terminal acetylenes is 1. The van der Waals surface area contributed by atoms with Gasteiger partial charge in [0.1, 0.15) is 23.9 Å². The number of nitrogens with zero attached hydrogens (tertiary/aromatic N) is 1. The maximum atomic E-state index is 8.94. The lowest BCUT2D eigenvalue weighted by Crippen LogP contribution is -2.57. The molecule has 6 N–H and O–H groups in total. The molecule has 0 amide bonds. The Morgan fingerprint density at radius 3 is 2.75 bits per heavy atom. The zero-order valence-electron chi connectivity index (χ0n) is 13.7. The Kier molecular flexibility index (Phi) is 5.34. The second-order valence-electron chi connectivity index (χ2n) is 5.57. The molecule has 0 fully saturated rings. The molecule has 7 heteroatoms. The minimum Gasteiger partial charge on any atom is -0.490 e. The number of aliphatic hydroxyl groups excluding tert-OH is 1. The highest BCUT2D eigenvalue weighted by molar-refractivity contribution is 5.92. The van der Waals surface area contributed by atoms with E-state index in [0.717, 1.165) is 5.56 Å². The van der Waals surface area contributed by atoms with Crippen LogP contribution in [0.25, 0.3) is 0 Å². The molecule has 1 unspecified atom stereocenters. The average Bonchev–Trinajstić information content (AvgIpc) is 2.52. The molecule has 1 aromatic rings. The molecule has 1 atom stereocenters. The molecular weight excluding hydrogens is 308 g/mol. The highest BCUT2D eigenvalue weighted by Crippen LogP contribution is 2.35. The largest absolute Gasteiger partial charge is 0.490 e. The number of benzene rings is 1. The van der Waals surface area contributed by atoms with E-state index in [9.17, 15) is 0 Å². The summed E-state index contributed by atoms with van der Waals surface area (Å²) in [6.07, 6.45) is 8.70. The molecule has 1 aliphatic rings. The zero-order chi connectivity index (χ0) is 17.7. The predicted molar refractivity (Wildman–Crippen MR) is 92.5 cm³/mol. The Morgan fingerprint density at radius 1 is 1.42 bits per heavy atom. The maximum Gasteiger partial charge on any atom is 0.342 e. The lowest BCUT2D eigenvalue weighted by Gasteiger charge is -2.30. The number of nitrogens with two attached hydrogens (primary N) is 2. The molecule has 1 aliphatic heterocycles. The molecule has 0 saturated heterocycles. The number of hydrogen-bond acceptors (Lipinski definition) is 7. The van der Waals surface area contributed by atoms with Gasteiger partial charge in [-0.2, -0.15) is 4.99 Å². The third kappa shape index (κ3) is 3.98. The Balaban J connectivity index is 2.42. The Labute approximate surface area is 141 Å². The van der Waals surface area contributed by atoms with Gasteiger partial charge in [-0.25, -0.2) is 0 Å². The molecule has 1 heterocycles. The highest BCUT2D eigenvalue weighted by atomic mass is 16.5. The lowest BCUT2D eigenvalue weighted by molar-refractivity contribution is 0.0603. The van der Waals surface area contributed by atoms with Gasteiger partial charge in [-0.05, 0) is 18.1 Å². The van der Waals surface area contributed by atoms with Gasteiger partial charge in [0.05, 0.1) is 12.2 Å². The van der Waals surface area contributed by atoms with Crippen LogP contribution in [0.1, 0.15) is 30.9 Å². The van der Waals surface area contributed by atoms with Crippen molar-refractivity contribution in [1.29, 1.82) is 0 Å². The average molecular weight is 330 g/mol. The van der Waals surface area contributed by atoms with Crippen molar-refractivity contribution in [3.8, 4) is 23.8 Å². The number of aliphatic imine (C=N–C) groups is 1. The van der Waals surface area contributed by atoms with E-state index >= 15 is 0 Å². The van der Waals surface area contributed by atoms with Crippen LogP contribution in [-0.4, -0.2) is 30.1 Å². The van der Waals surface area contributed by atoms with E-state index in [1.165, 1.54) is 0 Å². The second kappa shape index (κ2) is 7.25. The zero-order valence-corrected chi connectivity index (χ0v) is 13.7. The van der Waals surface area contributed by atoms with E-state index in [2.05, 4.69) is 16.2 Å². The quantitative estimate of drug-likeness (QED) is 0.448. The minimum atomic E-state index is -1.51. The van der Waals surface area contributed by atoms with Crippen LogP contribution < -0.4 is 26.3 Å². The van der Waals surface area contributed by atoms with Crippen molar-refractivity contribution in [2.24, 2.45) is 16.5 Å². The number of hydrogen-bond donors (Lipinski definition) is 4. The van der Waals surface area contributed by atoms with Crippen molar-refractivity contribution < 1.29 is 14.6 Å². The fourth-order valence-corrected chi connectivity index (χ4v) is 2.23. The van der Waals surface area contributed by atoms with E-state index in [1.54, 1.807) is 24.4 Å². The number of ether oxygens (including phenoxy) is 2. The van der Waals surface area contributed by atoms with Crippen LogP contribution in [0.15, 0.2) is 29.4 Å². The van der Waals surface area contributed by atoms with Crippen molar-refractivity contribution in [1.82, 2.24) is 5.32 Å². The Bertz CT molecular complexity index is 707. The van der Waals surface area contributed by atoms with E-state index in [-0.39, 0.29) is 25.0 Å². The molecule has 2 rings (SSSR count). The Morgan fingerprint density at radius 2 is 2.17 bits per heavy atom. The number of amidine groups is 1. The van der Waals surface area contributed by atoms with Crippen molar-refractivity contribution in [2.75, 3.05) is 13.2 Å². The number of aliphatic hydroxyl groups is 1. The fourth-order valence-electron chi connectivity index (χ4n) is 2.23. The van der Waals surface area contributed by atoms with Gasteiger partial charge >= 0.3 is 5.97 Å². The second-order valence-corrected chi connectivity index (χ2v) is 5.57. The highest BCUT2D eigenvalue weighted by Gasteiger charge is 2.29. The van der Waals surface area contributed by atoms with E-state index in [0.29, 0.717) is 17.1 Å². The van der Waals surface area contributed by atoms with Crippen molar-refractivity contribution >= 4 is 5.84 Å². The fraction of sp³-hybridized carbons (Fsp3) is 0.353. The van der Waals surface area contributed by atoms with E-state index in [4.69, 9.17) is 32.5 Å². The summed E-state index contributed by atoms with van der Waals surface area (Å²) in [6, 6.07) is 3.46. The third-order valence-corrected chi connectivity index (χ3v) is 3.34. The smallest absolute Gasteiger partial charge is 0.342 e. The molecular formula is C17H22N4O3. The standard InChI is InChI=1S/C17H22N4O3/c1-4-12-9-15(24-17(19)20-6-5-16(18)21-17)13(11(2)3)10-14(12)23-8-7-22/h1,5-6,9-11,20,22H,7-8,19H2,2-3H3,(H2,18,21). The summed E-state index contributed by atoms with van der Waals surface area (Å²) in [5, 5.41) is 11.8. The van der Waals surface area contributed by atoms with Gasteiger partial charge in [0.2, 0.25) is 0 Å². The molecule has 0 bridgehead atoms. The summed E-state index contributed by atoms with van der Waals surface area (Å²) in [5.41, 5.74) is 13.1. The van der Waals surface area contributed by atoms with Crippen LogP contribution in [0.3, 0.4) is 0 Å². The molecule has 128 valence electrons. The van der Waals surface area contributed by atoms with Crippen LogP contribution in [0.5, 0.6) is 11.5 Å². The van der Waals surface area contributed by atoms with E-state index < -0.39 is 5.97 Å². The molecule has 24 heavy (non-hydrogen) atoms. The summed E-state index contributed by atoms with van der Waals surface area (Å²) < 4.78 is 11.4. The minimum absolute atomic E-state index is 0.102. The van der Waals surface area contributed by atoms with Gasteiger partial charge in [-0.3, -0.25) is 5.73 Å². The summed E-state index contributed by atoms with van der Waals surface area (Å²) in [6.45, 7) is 4.06. The molecule has 0 saturated carbocycles. The van der Waals surface area contributed by atoms with Crippen LogP contribution in [-0.2, 0) is 0 Å². The van der Waals surface area contributed by atoms with Crippen LogP contribution in [0.2, 0.25) is 0 Å². The van der Waals surface area contributed by atoms with Crippen molar-refractivity contribution in [3.63, 3.8) is 0 Å². The molecule has 7 nitrogen and oxygen atoms in total.